The molecule has 0 aliphatic carbocycles. The third-order valence-corrected chi connectivity index (χ3v) is 2.78. The predicted octanol–water partition coefficient (Wildman–Crippen LogP) is 2.34. The molecular formula is C11H15BrN2O4. The number of ether oxygens (including phenoxy) is 1. The smallest absolute Gasteiger partial charge is 0.335 e. The quantitative estimate of drug-likeness (QED) is 0.439. The first-order valence-corrected chi connectivity index (χ1v) is 6.47. The molecule has 1 rings (SSSR count). The Morgan fingerprint density at radius 2 is 2.22 bits per heavy atom. The molecule has 18 heavy (non-hydrogen) atoms. The lowest BCUT2D eigenvalue weighted by atomic mass is 10.4. The number of halogens is 1. The van der Waals surface area contributed by atoms with Crippen LogP contribution in [0.15, 0.2) is 21.5 Å². The summed E-state index contributed by atoms with van der Waals surface area (Å²) >= 11 is 3.14. The molecule has 0 fully saturated rings. The van der Waals surface area contributed by atoms with Gasteiger partial charge >= 0.3 is 11.2 Å². The van der Waals surface area contributed by atoms with Crippen molar-refractivity contribution in [3.8, 4) is 0 Å². The maximum Gasteiger partial charge on any atom is 0.335 e. The summed E-state index contributed by atoms with van der Waals surface area (Å²) in [7, 11) is 0. The maximum absolute atomic E-state index is 11.7. The van der Waals surface area contributed by atoms with Crippen molar-refractivity contribution in [2.45, 2.75) is 26.3 Å². The van der Waals surface area contributed by atoms with Crippen molar-refractivity contribution in [3.63, 3.8) is 0 Å². The van der Waals surface area contributed by atoms with Gasteiger partial charge in [0, 0.05) is 29.9 Å². The molecule has 0 saturated heterocycles. The average molecular weight is 319 g/mol. The second kappa shape index (κ2) is 7.27. The van der Waals surface area contributed by atoms with Crippen molar-refractivity contribution >= 4 is 21.6 Å². The standard InChI is InChI=1S/C11H15BrN2O4/c1-2-3-5-18-6-4-13-8-9(12)7-10(11(13)15)14(16)17/h7-8H,2-6H2,1H3. The fourth-order valence-electron chi connectivity index (χ4n) is 1.39. The van der Waals surface area contributed by atoms with E-state index in [-0.39, 0.29) is 0 Å². The lowest BCUT2D eigenvalue weighted by Gasteiger charge is -2.07. The number of rotatable bonds is 7. The first-order chi connectivity index (χ1) is 8.56. The summed E-state index contributed by atoms with van der Waals surface area (Å²) < 4.78 is 7.12. The summed E-state index contributed by atoms with van der Waals surface area (Å²) in [6.45, 7) is 3.38. The molecule has 0 N–H and O–H groups in total. The van der Waals surface area contributed by atoms with Crippen LogP contribution in [0, 0.1) is 10.1 Å². The minimum atomic E-state index is -0.679. The first kappa shape index (κ1) is 14.8. The Morgan fingerprint density at radius 1 is 1.50 bits per heavy atom. The molecule has 1 heterocycles. The molecule has 0 aliphatic heterocycles. The lowest BCUT2D eigenvalue weighted by Crippen LogP contribution is -2.24. The normalized spacial score (nSPS) is 10.6. The number of pyridine rings is 1. The van der Waals surface area contributed by atoms with Crippen LogP contribution in [-0.2, 0) is 11.3 Å². The minimum absolute atomic E-state index is 0.308. The van der Waals surface area contributed by atoms with E-state index < -0.39 is 16.2 Å². The summed E-state index contributed by atoms with van der Waals surface area (Å²) in [5.41, 5.74) is -1.04. The van der Waals surface area contributed by atoms with Crippen LogP contribution in [0.1, 0.15) is 19.8 Å². The van der Waals surface area contributed by atoms with Gasteiger partial charge < -0.3 is 9.30 Å². The number of hydrogen-bond acceptors (Lipinski definition) is 4. The van der Waals surface area contributed by atoms with Crippen LogP contribution in [0.5, 0.6) is 0 Å². The second-order valence-electron chi connectivity index (χ2n) is 3.77. The van der Waals surface area contributed by atoms with Crippen LogP contribution >= 0.6 is 15.9 Å². The van der Waals surface area contributed by atoms with Crippen LogP contribution < -0.4 is 5.56 Å². The molecule has 0 radical (unpaired) electrons. The molecule has 7 heteroatoms. The third kappa shape index (κ3) is 4.23. The van der Waals surface area contributed by atoms with E-state index in [9.17, 15) is 14.9 Å². The van der Waals surface area contributed by atoms with Crippen molar-refractivity contribution < 1.29 is 9.66 Å². The van der Waals surface area contributed by atoms with Gasteiger partial charge in [-0.3, -0.25) is 14.9 Å². The Hall–Kier alpha value is -1.21. The zero-order valence-electron chi connectivity index (χ0n) is 10.1. The molecule has 0 unspecified atom stereocenters. The number of aromatic nitrogens is 1. The Kier molecular flexibility index (Phi) is 6.00. The minimum Gasteiger partial charge on any atom is -0.380 e. The predicted molar refractivity (Wildman–Crippen MR) is 70.8 cm³/mol. The van der Waals surface area contributed by atoms with E-state index in [1.165, 1.54) is 16.8 Å². The fourth-order valence-corrected chi connectivity index (χ4v) is 1.86. The van der Waals surface area contributed by atoms with Gasteiger partial charge in [-0.15, -0.1) is 0 Å². The Bertz CT molecular complexity index is 473. The molecule has 6 nitrogen and oxygen atoms in total. The summed E-state index contributed by atoms with van der Waals surface area (Å²) in [5, 5.41) is 10.7. The average Bonchev–Trinajstić information content (AvgIpc) is 2.32. The van der Waals surface area contributed by atoms with Crippen LogP contribution in [0.4, 0.5) is 5.69 Å². The Balaban J connectivity index is 2.71. The number of unbranched alkanes of at least 4 members (excludes halogenated alkanes) is 1. The highest BCUT2D eigenvalue weighted by molar-refractivity contribution is 9.10. The van der Waals surface area contributed by atoms with E-state index in [2.05, 4.69) is 22.9 Å². The van der Waals surface area contributed by atoms with Crippen molar-refractivity contribution in [1.29, 1.82) is 0 Å². The summed E-state index contributed by atoms with van der Waals surface area (Å²) in [5.74, 6) is 0. The van der Waals surface area contributed by atoms with Gasteiger partial charge in [-0.05, 0) is 22.4 Å². The fraction of sp³-hybridized carbons (Fsp3) is 0.545. The van der Waals surface area contributed by atoms with Gasteiger partial charge in [0.2, 0.25) is 0 Å². The molecule has 0 bridgehead atoms. The molecule has 0 saturated carbocycles. The van der Waals surface area contributed by atoms with Crippen LogP contribution in [0.25, 0.3) is 0 Å². The molecule has 1 aromatic heterocycles. The molecule has 1 aromatic rings. The van der Waals surface area contributed by atoms with E-state index in [1.807, 2.05) is 0 Å². The maximum atomic E-state index is 11.7. The zero-order valence-corrected chi connectivity index (χ0v) is 11.7. The molecular weight excluding hydrogens is 304 g/mol. The summed E-state index contributed by atoms with van der Waals surface area (Å²) in [4.78, 5) is 21.7. The third-order valence-electron chi connectivity index (χ3n) is 2.35. The van der Waals surface area contributed by atoms with Crippen LogP contribution in [0.3, 0.4) is 0 Å². The Labute approximate surface area is 113 Å². The summed E-state index contributed by atoms with van der Waals surface area (Å²) in [6, 6.07) is 1.21. The molecule has 0 aromatic carbocycles. The van der Waals surface area contributed by atoms with Gasteiger partial charge in [0.05, 0.1) is 11.5 Å². The molecule has 0 atom stereocenters. The van der Waals surface area contributed by atoms with Crippen molar-refractivity contribution in [3.05, 3.63) is 37.2 Å². The lowest BCUT2D eigenvalue weighted by molar-refractivity contribution is -0.386. The number of nitrogens with zero attached hydrogens (tertiary/aromatic N) is 2. The van der Waals surface area contributed by atoms with Gasteiger partial charge in [0.25, 0.3) is 0 Å². The highest BCUT2D eigenvalue weighted by atomic mass is 79.9. The van der Waals surface area contributed by atoms with Crippen LogP contribution in [-0.4, -0.2) is 22.7 Å². The molecule has 100 valence electrons. The highest BCUT2D eigenvalue weighted by Crippen LogP contribution is 2.13. The number of nitro groups is 1. The Morgan fingerprint density at radius 3 is 2.83 bits per heavy atom. The van der Waals surface area contributed by atoms with Gasteiger partial charge in [-0.25, -0.2) is 0 Å². The van der Waals surface area contributed by atoms with Crippen molar-refractivity contribution in [2.75, 3.05) is 13.2 Å². The van der Waals surface area contributed by atoms with E-state index in [0.29, 0.717) is 24.2 Å². The van der Waals surface area contributed by atoms with Gasteiger partial charge in [0.15, 0.2) is 0 Å². The number of hydrogen-bond donors (Lipinski definition) is 0. The SMILES string of the molecule is CCCCOCCn1cc(Br)cc([N+](=O)[O-])c1=O. The van der Waals surface area contributed by atoms with Gasteiger partial charge in [-0.2, -0.15) is 0 Å². The molecule has 0 spiro atoms. The second-order valence-corrected chi connectivity index (χ2v) is 4.68. The van der Waals surface area contributed by atoms with Gasteiger partial charge in [0.1, 0.15) is 0 Å². The molecule has 0 aliphatic rings. The van der Waals surface area contributed by atoms with E-state index in [1.54, 1.807) is 0 Å². The van der Waals surface area contributed by atoms with Crippen molar-refractivity contribution in [2.24, 2.45) is 0 Å². The monoisotopic (exact) mass is 318 g/mol. The van der Waals surface area contributed by atoms with E-state index in [4.69, 9.17) is 4.74 Å². The van der Waals surface area contributed by atoms with Crippen LogP contribution in [0.2, 0.25) is 0 Å². The highest BCUT2D eigenvalue weighted by Gasteiger charge is 2.15. The first-order valence-electron chi connectivity index (χ1n) is 5.68. The zero-order chi connectivity index (χ0) is 13.5. The summed E-state index contributed by atoms with van der Waals surface area (Å²) in [6.07, 6.45) is 3.54. The van der Waals surface area contributed by atoms with Crippen molar-refractivity contribution in [1.82, 2.24) is 4.57 Å². The topological polar surface area (TPSA) is 74.4 Å². The molecule has 0 amide bonds. The van der Waals surface area contributed by atoms with E-state index >= 15 is 0 Å². The van der Waals surface area contributed by atoms with Gasteiger partial charge in [-0.1, -0.05) is 13.3 Å². The van der Waals surface area contributed by atoms with E-state index in [0.717, 1.165) is 12.8 Å². The largest absolute Gasteiger partial charge is 0.380 e.